The largest absolute Gasteiger partial charge is 0.469 e. The fourth-order valence-electron chi connectivity index (χ4n) is 3.21. The van der Waals surface area contributed by atoms with E-state index in [9.17, 15) is 9.59 Å². The highest BCUT2D eigenvalue weighted by Crippen LogP contribution is 2.22. The number of nitrogens with zero attached hydrogens (tertiary/aromatic N) is 5. The van der Waals surface area contributed by atoms with Crippen molar-refractivity contribution in [3.8, 4) is 0 Å². The fourth-order valence-corrected chi connectivity index (χ4v) is 4.09. The van der Waals surface area contributed by atoms with Crippen molar-refractivity contribution in [2.45, 2.75) is 30.8 Å². The Balaban J connectivity index is 1.60. The predicted octanol–water partition coefficient (Wildman–Crippen LogP) is 3.07. The molecule has 0 amide bonds. The lowest BCUT2D eigenvalue weighted by Gasteiger charge is -2.13. The molecule has 11 heteroatoms. The number of para-hydroxylation sites is 1. The Labute approximate surface area is 199 Å². The second kappa shape index (κ2) is 10.3. The van der Waals surface area contributed by atoms with Crippen LogP contribution >= 0.6 is 11.8 Å². The zero-order valence-electron chi connectivity index (χ0n) is 18.7. The Morgan fingerprint density at radius 2 is 1.85 bits per heavy atom. The van der Waals surface area contributed by atoms with E-state index >= 15 is 0 Å². The SMILES string of the molecule is COC(=O)CCn1c(SCc2nc(N)nc(Nc3ccc(C)cc3)n2)nc2ccccc2c1=O. The average Bonchev–Trinajstić information content (AvgIpc) is 2.83. The number of anilines is 3. The Morgan fingerprint density at radius 3 is 2.62 bits per heavy atom. The fraction of sp³-hybridized carbons (Fsp3) is 0.217. The van der Waals surface area contributed by atoms with Crippen molar-refractivity contribution in [2.75, 3.05) is 18.2 Å². The number of hydrogen-bond acceptors (Lipinski definition) is 10. The zero-order chi connectivity index (χ0) is 24.1. The molecule has 10 nitrogen and oxygen atoms in total. The third kappa shape index (κ3) is 5.49. The minimum Gasteiger partial charge on any atom is -0.469 e. The summed E-state index contributed by atoms with van der Waals surface area (Å²) in [5.74, 6) is 0.705. The van der Waals surface area contributed by atoms with Gasteiger partial charge in [0.25, 0.3) is 5.56 Å². The molecule has 0 spiro atoms. The lowest BCUT2D eigenvalue weighted by Crippen LogP contribution is -2.25. The van der Waals surface area contributed by atoms with Gasteiger partial charge in [0.15, 0.2) is 5.16 Å². The van der Waals surface area contributed by atoms with Crippen LogP contribution < -0.4 is 16.6 Å². The highest BCUT2D eigenvalue weighted by Gasteiger charge is 2.15. The van der Waals surface area contributed by atoms with Gasteiger partial charge in [0.05, 0.1) is 30.2 Å². The summed E-state index contributed by atoms with van der Waals surface area (Å²) in [6, 6.07) is 14.9. The van der Waals surface area contributed by atoms with Crippen molar-refractivity contribution in [3.63, 3.8) is 0 Å². The number of nitrogens with one attached hydrogen (secondary N) is 1. The predicted molar refractivity (Wildman–Crippen MR) is 131 cm³/mol. The molecule has 0 unspecified atom stereocenters. The number of nitrogen functional groups attached to an aromatic ring is 1. The Kier molecular flexibility index (Phi) is 7.02. The standard InChI is InChI=1S/C23H23N7O3S/c1-14-7-9-15(10-8-14)25-22-28-18(27-21(24)29-22)13-34-23-26-17-6-4-3-5-16(17)20(32)30(23)12-11-19(31)33-2/h3-10H,11-13H2,1-2H3,(H3,24,25,27,28,29). The first-order valence-electron chi connectivity index (χ1n) is 10.5. The number of esters is 1. The summed E-state index contributed by atoms with van der Waals surface area (Å²) in [6.45, 7) is 2.15. The number of fused-ring (bicyclic) bond motifs is 1. The van der Waals surface area contributed by atoms with Crippen LogP contribution in [0.25, 0.3) is 10.9 Å². The summed E-state index contributed by atoms with van der Waals surface area (Å²) in [5.41, 5.74) is 8.20. The van der Waals surface area contributed by atoms with Gasteiger partial charge in [-0.25, -0.2) is 4.98 Å². The molecule has 4 rings (SSSR count). The molecular weight excluding hydrogens is 454 g/mol. The average molecular weight is 478 g/mol. The van der Waals surface area contributed by atoms with Crippen molar-refractivity contribution >= 4 is 46.2 Å². The van der Waals surface area contributed by atoms with Crippen molar-refractivity contribution < 1.29 is 9.53 Å². The van der Waals surface area contributed by atoms with Gasteiger partial charge in [-0.1, -0.05) is 41.6 Å². The quantitative estimate of drug-likeness (QED) is 0.221. The molecule has 2 aromatic carbocycles. The third-order valence-electron chi connectivity index (χ3n) is 4.93. The van der Waals surface area contributed by atoms with Gasteiger partial charge in [0.1, 0.15) is 5.82 Å². The maximum absolute atomic E-state index is 13.1. The van der Waals surface area contributed by atoms with E-state index in [2.05, 4.69) is 25.3 Å². The molecule has 0 atom stereocenters. The van der Waals surface area contributed by atoms with Crippen molar-refractivity contribution in [2.24, 2.45) is 0 Å². The van der Waals surface area contributed by atoms with Crippen LogP contribution in [0, 0.1) is 6.92 Å². The zero-order valence-corrected chi connectivity index (χ0v) is 19.5. The first kappa shape index (κ1) is 23.2. The summed E-state index contributed by atoms with van der Waals surface area (Å²) in [7, 11) is 1.31. The molecule has 2 aromatic heterocycles. The summed E-state index contributed by atoms with van der Waals surface area (Å²) < 4.78 is 6.19. The Morgan fingerprint density at radius 1 is 1.09 bits per heavy atom. The maximum Gasteiger partial charge on any atom is 0.307 e. The van der Waals surface area contributed by atoms with Crippen LogP contribution in [0.15, 0.2) is 58.5 Å². The summed E-state index contributed by atoms with van der Waals surface area (Å²) in [5, 5.41) is 4.04. The van der Waals surface area contributed by atoms with E-state index in [1.54, 1.807) is 18.2 Å². The number of thioether (sulfide) groups is 1. The van der Waals surface area contributed by atoms with E-state index in [1.165, 1.54) is 23.4 Å². The smallest absolute Gasteiger partial charge is 0.307 e. The number of hydrogen-bond donors (Lipinski definition) is 2. The molecule has 0 bridgehead atoms. The van der Waals surface area contributed by atoms with Crippen molar-refractivity contribution in [1.29, 1.82) is 0 Å². The second-order valence-electron chi connectivity index (χ2n) is 7.41. The molecule has 0 aliphatic heterocycles. The lowest BCUT2D eigenvalue weighted by atomic mass is 10.2. The van der Waals surface area contributed by atoms with Crippen LogP contribution in [-0.2, 0) is 21.8 Å². The molecule has 2 heterocycles. The molecule has 0 saturated carbocycles. The summed E-state index contributed by atoms with van der Waals surface area (Å²) in [6.07, 6.45) is 0.0489. The monoisotopic (exact) mass is 477 g/mol. The van der Waals surface area contributed by atoms with E-state index in [0.29, 0.717) is 27.8 Å². The van der Waals surface area contributed by atoms with Crippen LogP contribution in [0.1, 0.15) is 17.8 Å². The first-order chi connectivity index (χ1) is 16.4. The van der Waals surface area contributed by atoms with Crippen LogP contribution in [0.5, 0.6) is 0 Å². The number of benzene rings is 2. The number of nitrogens with two attached hydrogens (primary N) is 1. The number of carbonyl (C=O) groups is 1. The number of aryl methyl sites for hydroxylation is 1. The molecule has 0 fully saturated rings. The van der Waals surface area contributed by atoms with Gasteiger partial charge in [0, 0.05) is 12.2 Å². The van der Waals surface area contributed by atoms with Crippen LogP contribution in [-0.4, -0.2) is 37.6 Å². The van der Waals surface area contributed by atoms with E-state index in [0.717, 1.165) is 11.3 Å². The third-order valence-corrected chi connectivity index (χ3v) is 5.90. The summed E-state index contributed by atoms with van der Waals surface area (Å²) >= 11 is 1.28. The molecule has 3 N–H and O–H groups in total. The Bertz CT molecular complexity index is 1390. The number of carbonyl (C=O) groups excluding carboxylic acids is 1. The van der Waals surface area contributed by atoms with Gasteiger partial charge in [-0.2, -0.15) is 15.0 Å². The molecule has 4 aromatic rings. The lowest BCUT2D eigenvalue weighted by molar-refractivity contribution is -0.140. The van der Waals surface area contributed by atoms with Crippen LogP contribution in [0.3, 0.4) is 0 Å². The minimum absolute atomic E-state index is 0.0489. The maximum atomic E-state index is 13.1. The van der Waals surface area contributed by atoms with E-state index in [4.69, 9.17) is 10.5 Å². The van der Waals surface area contributed by atoms with Crippen molar-refractivity contribution in [1.82, 2.24) is 24.5 Å². The van der Waals surface area contributed by atoms with Gasteiger partial charge in [-0.05, 0) is 31.2 Å². The van der Waals surface area contributed by atoms with Gasteiger partial charge >= 0.3 is 5.97 Å². The van der Waals surface area contributed by atoms with Gasteiger partial charge < -0.3 is 15.8 Å². The number of methoxy groups -OCH3 is 1. The highest BCUT2D eigenvalue weighted by molar-refractivity contribution is 7.98. The van der Waals surface area contributed by atoms with Gasteiger partial charge in [-0.15, -0.1) is 0 Å². The van der Waals surface area contributed by atoms with Gasteiger partial charge in [0.2, 0.25) is 11.9 Å². The molecule has 0 aliphatic rings. The number of rotatable bonds is 8. The summed E-state index contributed by atoms with van der Waals surface area (Å²) in [4.78, 5) is 42.2. The second-order valence-corrected chi connectivity index (χ2v) is 8.35. The molecule has 0 aliphatic carbocycles. The normalized spacial score (nSPS) is 10.9. The van der Waals surface area contributed by atoms with Crippen molar-refractivity contribution in [3.05, 3.63) is 70.3 Å². The highest BCUT2D eigenvalue weighted by atomic mass is 32.2. The van der Waals surface area contributed by atoms with E-state index in [1.807, 2.05) is 37.3 Å². The van der Waals surface area contributed by atoms with E-state index in [-0.39, 0.29) is 30.2 Å². The topological polar surface area (TPSA) is 138 Å². The molecule has 0 saturated heterocycles. The molecular formula is C23H23N7O3S. The first-order valence-corrected chi connectivity index (χ1v) is 11.4. The molecule has 174 valence electrons. The minimum atomic E-state index is -0.409. The van der Waals surface area contributed by atoms with E-state index < -0.39 is 5.97 Å². The van der Waals surface area contributed by atoms with Gasteiger partial charge in [-0.3, -0.25) is 14.2 Å². The number of ether oxygens (including phenoxy) is 1. The Hall–Kier alpha value is -3.99. The molecule has 0 radical (unpaired) electrons. The van der Waals surface area contributed by atoms with Crippen LogP contribution in [0.2, 0.25) is 0 Å². The number of aromatic nitrogens is 5. The van der Waals surface area contributed by atoms with Crippen LogP contribution in [0.4, 0.5) is 17.6 Å². The molecule has 34 heavy (non-hydrogen) atoms.